The molecule has 7 heteroatoms. The summed E-state index contributed by atoms with van der Waals surface area (Å²) in [6, 6.07) is 4.29. The standard InChI is InChI=1S/C14H21ClN2O3S/c1-10-4-6-14(9-18,7-5-10)17-21(19,20)13-3-2-11(16)8-12(13)15/h2-3,8,10,17-18H,4-7,9,16H2,1H3. The van der Waals surface area contributed by atoms with Gasteiger partial charge in [-0.1, -0.05) is 18.5 Å². The number of sulfonamides is 1. The molecule has 5 nitrogen and oxygen atoms in total. The lowest BCUT2D eigenvalue weighted by Crippen LogP contribution is -2.53. The van der Waals surface area contributed by atoms with Crippen LogP contribution in [0.1, 0.15) is 32.6 Å². The van der Waals surface area contributed by atoms with Crippen molar-refractivity contribution in [2.24, 2.45) is 5.92 Å². The van der Waals surface area contributed by atoms with Crippen LogP contribution < -0.4 is 10.5 Å². The zero-order chi connectivity index (χ0) is 15.7. The number of anilines is 1. The summed E-state index contributed by atoms with van der Waals surface area (Å²) in [5, 5.41) is 9.75. The molecule has 1 aromatic rings. The Morgan fingerprint density at radius 2 is 2.05 bits per heavy atom. The van der Waals surface area contributed by atoms with Gasteiger partial charge < -0.3 is 10.8 Å². The van der Waals surface area contributed by atoms with Crippen molar-refractivity contribution in [3.05, 3.63) is 23.2 Å². The maximum absolute atomic E-state index is 12.5. The first-order valence-electron chi connectivity index (χ1n) is 6.98. The Labute approximate surface area is 130 Å². The van der Waals surface area contributed by atoms with Crippen molar-refractivity contribution in [1.82, 2.24) is 4.72 Å². The molecule has 0 aliphatic heterocycles. The summed E-state index contributed by atoms with van der Waals surface area (Å²) in [7, 11) is -3.79. The highest BCUT2D eigenvalue weighted by Crippen LogP contribution is 2.34. The minimum atomic E-state index is -3.79. The number of nitrogens with one attached hydrogen (secondary N) is 1. The molecule has 1 fully saturated rings. The average Bonchev–Trinajstić information content (AvgIpc) is 2.41. The molecule has 2 rings (SSSR count). The Morgan fingerprint density at radius 3 is 2.57 bits per heavy atom. The number of aliphatic hydroxyl groups excluding tert-OH is 1. The number of rotatable bonds is 4. The molecule has 118 valence electrons. The molecule has 1 aromatic carbocycles. The van der Waals surface area contributed by atoms with Gasteiger partial charge in [-0.3, -0.25) is 0 Å². The molecule has 0 amide bonds. The fraction of sp³-hybridized carbons (Fsp3) is 0.571. The smallest absolute Gasteiger partial charge is 0.242 e. The Kier molecular flexibility index (Phi) is 4.82. The summed E-state index contributed by atoms with van der Waals surface area (Å²) in [4.78, 5) is -0.00943. The maximum Gasteiger partial charge on any atom is 0.242 e. The molecule has 1 saturated carbocycles. The largest absolute Gasteiger partial charge is 0.399 e. The number of benzene rings is 1. The van der Waals surface area contributed by atoms with Crippen molar-refractivity contribution in [2.75, 3.05) is 12.3 Å². The summed E-state index contributed by atoms with van der Waals surface area (Å²) in [5.41, 5.74) is 5.19. The van der Waals surface area contributed by atoms with Gasteiger partial charge in [0.1, 0.15) is 4.90 Å². The predicted octanol–water partition coefficient (Wildman–Crippen LogP) is 2.14. The Morgan fingerprint density at radius 1 is 1.43 bits per heavy atom. The third-order valence-corrected chi connectivity index (χ3v) is 6.19. The molecule has 0 bridgehead atoms. The van der Waals surface area contributed by atoms with E-state index < -0.39 is 15.6 Å². The summed E-state index contributed by atoms with van der Waals surface area (Å²) in [6.45, 7) is 1.91. The molecule has 0 saturated heterocycles. The lowest BCUT2D eigenvalue weighted by atomic mass is 9.78. The van der Waals surface area contributed by atoms with Crippen LogP contribution in [-0.4, -0.2) is 25.7 Å². The van der Waals surface area contributed by atoms with Crippen molar-refractivity contribution in [3.8, 4) is 0 Å². The first-order valence-corrected chi connectivity index (χ1v) is 8.84. The van der Waals surface area contributed by atoms with E-state index in [4.69, 9.17) is 17.3 Å². The highest BCUT2D eigenvalue weighted by molar-refractivity contribution is 7.89. The number of hydrogen-bond acceptors (Lipinski definition) is 4. The van der Waals surface area contributed by atoms with E-state index in [-0.39, 0.29) is 16.5 Å². The molecule has 0 spiro atoms. The SMILES string of the molecule is CC1CCC(CO)(NS(=O)(=O)c2ccc(N)cc2Cl)CC1. The van der Waals surface area contributed by atoms with Crippen LogP contribution in [0.3, 0.4) is 0 Å². The fourth-order valence-corrected chi connectivity index (χ4v) is 4.69. The molecule has 0 heterocycles. The Balaban J connectivity index is 2.27. The van der Waals surface area contributed by atoms with Crippen LogP contribution in [0.15, 0.2) is 23.1 Å². The van der Waals surface area contributed by atoms with Crippen LogP contribution in [-0.2, 0) is 10.0 Å². The van der Waals surface area contributed by atoms with Gasteiger partial charge in [-0.15, -0.1) is 0 Å². The molecular weight excluding hydrogens is 312 g/mol. The molecule has 0 unspecified atom stereocenters. The Bertz CT molecular complexity index is 611. The molecule has 0 radical (unpaired) electrons. The van der Waals surface area contributed by atoms with Crippen molar-refractivity contribution in [3.63, 3.8) is 0 Å². The van der Waals surface area contributed by atoms with Gasteiger partial charge in [0, 0.05) is 5.69 Å². The van der Waals surface area contributed by atoms with E-state index in [2.05, 4.69) is 11.6 Å². The van der Waals surface area contributed by atoms with Crippen molar-refractivity contribution in [2.45, 2.75) is 43.0 Å². The average molecular weight is 333 g/mol. The zero-order valence-electron chi connectivity index (χ0n) is 12.0. The second-order valence-electron chi connectivity index (χ2n) is 5.92. The van der Waals surface area contributed by atoms with E-state index >= 15 is 0 Å². The van der Waals surface area contributed by atoms with Crippen molar-refractivity contribution < 1.29 is 13.5 Å². The topological polar surface area (TPSA) is 92.4 Å². The fourth-order valence-electron chi connectivity index (χ4n) is 2.68. The summed E-state index contributed by atoms with van der Waals surface area (Å²) in [5.74, 6) is 0.550. The third-order valence-electron chi connectivity index (χ3n) is 4.13. The van der Waals surface area contributed by atoms with Gasteiger partial charge in [-0.2, -0.15) is 0 Å². The summed E-state index contributed by atoms with van der Waals surface area (Å²) >= 11 is 5.98. The second-order valence-corrected chi connectivity index (χ2v) is 7.97. The predicted molar refractivity (Wildman–Crippen MR) is 83.6 cm³/mol. The van der Waals surface area contributed by atoms with Gasteiger partial charge in [-0.25, -0.2) is 13.1 Å². The van der Waals surface area contributed by atoms with Crippen LogP contribution in [0.4, 0.5) is 5.69 Å². The van der Waals surface area contributed by atoms with Crippen LogP contribution in [0.25, 0.3) is 0 Å². The number of nitrogen functional groups attached to an aromatic ring is 1. The molecule has 1 aliphatic rings. The van der Waals surface area contributed by atoms with Crippen molar-refractivity contribution in [1.29, 1.82) is 0 Å². The van der Waals surface area contributed by atoms with Crippen LogP contribution in [0, 0.1) is 5.92 Å². The van der Waals surface area contributed by atoms with Crippen LogP contribution >= 0.6 is 11.6 Å². The van der Waals surface area contributed by atoms with E-state index in [9.17, 15) is 13.5 Å². The van der Waals surface area contributed by atoms with Gasteiger partial charge in [0.15, 0.2) is 0 Å². The molecule has 4 N–H and O–H groups in total. The number of hydrogen-bond donors (Lipinski definition) is 3. The molecular formula is C14H21ClN2O3S. The monoisotopic (exact) mass is 332 g/mol. The molecule has 1 aliphatic carbocycles. The minimum Gasteiger partial charge on any atom is -0.399 e. The van der Waals surface area contributed by atoms with Gasteiger partial charge in [0.2, 0.25) is 10.0 Å². The van der Waals surface area contributed by atoms with Crippen LogP contribution in [0.2, 0.25) is 5.02 Å². The van der Waals surface area contributed by atoms with Gasteiger partial charge in [0.25, 0.3) is 0 Å². The van der Waals surface area contributed by atoms with E-state index in [1.165, 1.54) is 18.2 Å². The highest BCUT2D eigenvalue weighted by Gasteiger charge is 2.38. The summed E-state index contributed by atoms with van der Waals surface area (Å²) < 4.78 is 27.7. The van der Waals surface area contributed by atoms with E-state index in [1.54, 1.807) is 0 Å². The van der Waals surface area contributed by atoms with Gasteiger partial charge >= 0.3 is 0 Å². The first kappa shape index (κ1) is 16.5. The minimum absolute atomic E-state index is 0.00943. The van der Waals surface area contributed by atoms with Crippen LogP contribution in [0.5, 0.6) is 0 Å². The van der Waals surface area contributed by atoms with E-state index in [1.807, 2.05) is 0 Å². The van der Waals surface area contributed by atoms with E-state index in [0.29, 0.717) is 24.4 Å². The Hall–Kier alpha value is -0.820. The lowest BCUT2D eigenvalue weighted by molar-refractivity contribution is 0.125. The molecule has 0 aromatic heterocycles. The first-order chi connectivity index (χ1) is 9.78. The normalized spacial score (nSPS) is 26.7. The quantitative estimate of drug-likeness (QED) is 0.736. The zero-order valence-corrected chi connectivity index (χ0v) is 13.5. The summed E-state index contributed by atoms with van der Waals surface area (Å²) in [6.07, 6.45) is 3.02. The lowest BCUT2D eigenvalue weighted by Gasteiger charge is -2.38. The number of aliphatic hydroxyl groups is 1. The third kappa shape index (κ3) is 3.69. The molecule has 0 atom stereocenters. The van der Waals surface area contributed by atoms with E-state index in [0.717, 1.165) is 12.8 Å². The number of nitrogens with two attached hydrogens (primary N) is 1. The van der Waals surface area contributed by atoms with Gasteiger partial charge in [0.05, 0.1) is 17.2 Å². The highest BCUT2D eigenvalue weighted by atomic mass is 35.5. The van der Waals surface area contributed by atoms with Gasteiger partial charge in [-0.05, 0) is 49.8 Å². The maximum atomic E-state index is 12.5. The second kappa shape index (κ2) is 6.12. The molecule has 21 heavy (non-hydrogen) atoms. The van der Waals surface area contributed by atoms with Crippen molar-refractivity contribution >= 4 is 27.3 Å². The number of halogens is 1.